The second-order valence-corrected chi connectivity index (χ2v) is 2.96. The Morgan fingerprint density at radius 1 is 1.20 bits per heavy atom. The van der Waals surface area contributed by atoms with Crippen LogP contribution in [0.15, 0.2) is 23.3 Å². The molecule has 0 aliphatic heterocycles. The zero-order chi connectivity index (χ0) is 7.98. The summed E-state index contributed by atoms with van der Waals surface area (Å²) in [5.41, 5.74) is 2.90. The Bertz CT molecular complexity index is 134. The first-order valence-corrected chi connectivity index (χ1v) is 3.92. The van der Waals surface area contributed by atoms with Crippen molar-refractivity contribution < 1.29 is 0 Å². The highest BCUT2D eigenvalue weighted by atomic mass is 13.9. The molecule has 0 radical (unpaired) electrons. The number of hydrogen-bond acceptors (Lipinski definition) is 0. The molecule has 0 fully saturated rings. The van der Waals surface area contributed by atoms with Crippen molar-refractivity contribution >= 4 is 0 Å². The Morgan fingerprint density at radius 3 is 2.20 bits per heavy atom. The van der Waals surface area contributed by atoms with Crippen molar-refractivity contribution in [2.24, 2.45) is 0 Å². The van der Waals surface area contributed by atoms with Crippen molar-refractivity contribution in [1.82, 2.24) is 0 Å². The van der Waals surface area contributed by atoms with Gasteiger partial charge >= 0.3 is 0 Å². The number of allylic oxidation sites excluding steroid dienone is 4. The van der Waals surface area contributed by atoms with Crippen LogP contribution < -0.4 is 0 Å². The van der Waals surface area contributed by atoms with E-state index < -0.39 is 0 Å². The Morgan fingerprint density at radius 2 is 1.80 bits per heavy atom. The number of rotatable bonds is 3. The van der Waals surface area contributed by atoms with Gasteiger partial charge in [-0.3, -0.25) is 0 Å². The molecule has 0 amide bonds. The highest BCUT2D eigenvalue weighted by Crippen LogP contribution is 2.05. The van der Waals surface area contributed by atoms with Crippen molar-refractivity contribution in [2.75, 3.05) is 0 Å². The molecule has 0 atom stereocenters. The summed E-state index contributed by atoms with van der Waals surface area (Å²) < 4.78 is 0. The molecule has 0 heteroatoms. The molecule has 0 aliphatic carbocycles. The van der Waals surface area contributed by atoms with Gasteiger partial charge in [0.05, 0.1) is 0 Å². The minimum Gasteiger partial charge on any atom is -0.0887 e. The van der Waals surface area contributed by atoms with E-state index in [1.54, 1.807) is 0 Å². The van der Waals surface area contributed by atoms with E-state index in [9.17, 15) is 0 Å². The largest absolute Gasteiger partial charge is 0.0887 e. The summed E-state index contributed by atoms with van der Waals surface area (Å²) in [5, 5.41) is 0. The molecule has 0 saturated heterocycles. The molecule has 0 N–H and O–H groups in total. The van der Waals surface area contributed by atoms with Crippen molar-refractivity contribution in [3.63, 3.8) is 0 Å². The van der Waals surface area contributed by atoms with Crippen LogP contribution in [0.1, 0.15) is 40.5 Å². The third kappa shape index (κ3) is 5.61. The molecule has 0 aliphatic rings. The van der Waals surface area contributed by atoms with Gasteiger partial charge in [0.25, 0.3) is 0 Å². The topological polar surface area (TPSA) is 0 Å². The Balaban J connectivity index is 3.47. The Hall–Kier alpha value is -0.520. The van der Waals surface area contributed by atoms with Gasteiger partial charge in [-0.2, -0.15) is 0 Å². The standard InChI is InChI=1S/C10H18/c1-5-10(4)8-6-7-9(2)3/h5,7H,6,8H2,1-4H3/b10-5-. The first-order chi connectivity index (χ1) is 4.66. The first kappa shape index (κ1) is 9.48. The van der Waals surface area contributed by atoms with Crippen LogP contribution in [-0.4, -0.2) is 0 Å². The van der Waals surface area contributed by atoms with Gasteiger partial charge in [-0.15, -0.1) is 0 Å². The summed E-state index contributed by atoms with van der Waals surface area (Å²) >= 11 is 0. The smallest absolute Gasteiger partial charge is 0.0288 e. The Labute approximate surface area is 64.6 Å². The van der Waals surface area contributed by atoms with E-state index in [2.05, 4.69) is 39.8 Å². The lowest BCUT2D eigenvalue weighted by Crippen LogP contribution is -1.74. The third-order valence-electron chi connectivity index (χ3n) is 1.58. The minimum atomic E-state index is 1.19. The fraction of sp³-hybridized carbons (Fsp3) is 0.600. The summed E-state index contributed by atoms with van der Waals surface area (Å²) in [7, 11) is 0. The van der Waals surface area contributed by atoms with Crippen LogP contribution in [-0.2, 0) is 0 Å². The zero-order valence-electron chi connectivity index (χ0n) is 7.57. The van der Waals surface area contributed by atoms with Crippen molar-refractivity contribution in [3.05, 3.63) is 23.3 Å². The van der Waals surface area contributed by atoms with Gasteiger partial charge in [-0.1, -0.05) is 23.3 Å². The molecule has 0 unspecified atom stereocenters. The second-order valence-electron chi connectivity index (χ2n) is 2.96. The van der Waals surface area contributed by atoms with Gasteiger partial charge in [0.15, 0.2) is 0 Å². The maximum atomic E-state index is 2.28. The maximum absolute atomic E-state index is 2.28. The predicted octanol–water partition coefficient (Wildman–Crippen LogP) is 3.70. The molecule has 10 heavy (non-hydrogen) atoms. The SMILES string of the molecule is C/C=C(/C)CCC=C(C)C. The fourth-order valence-corrected chi connectivity index (χ4v) is 0.733. The highest BCUT2D eigenvalue weighted by Gasteiger charge is 1.84. The van der Waals surface area contributed by atoms with Gasteiger partial charge < -0.3 is 0 Å². The average Bonchev–Trinajstić information content (AvgIpc) is 1.87. The quantitative estimate of drug-likeness (QED) is 0.522. The summed E-state index contributed by atoms with van der Waals surface area (Å²) in [6.45, 7) is 8.56. The minimum absolute atomic E-state index is 1.19. The zero-order valence-corrected chi connectivity index (χ0v) is 7.57. The molecule has 0 aromatic rings. The van der Waals surface area contributed by atoms with Gasteiger partial charge in [0, 0.05) is 0 Å². The Kier molecular flexibility index (Phi) is 5.00. The third-order valence-corrected chi connectivity index (χ3v) is 1.58. The summed E-state index contributed by atoms with van der Waals surface area (Å²) in [6.07, 6.45) is 6.87. The molecule has 0 aromatic carbocycles. The average molecular weight is 138 g/mol. The summed E-state index contributed by atoms with van der Waals surface area (Å²) in [5.74, 6) is 0. The van der Waals surface area contributed by atoms with E-state index in [0.717, 1.165) is 0 Å². The van der Waals surface area contributed by atoms with Crippen LogP contribution >= 0.6 is 0 Å². The lowest BCUT2D eigenvalue weighted by molar-refractivity contribution is 0.964. The maximum Gasteiger partial charge on any atom is -0.0288 e. The highest BCUT2D eigenvalue weighted by molar-refractivity contribution is 5.00. The van der Waals surface area contributed by atoms with Crippen molar-refractivity contribution in [1.29, 1.82) is 0 Å². The van der Waals surface area contributed by atoms with E-state index in [1.165, 1.54) is 24.0 Å². The van der Waals surface area contributed by atoms with E-state index in [4.69, 9.17) is 0 Å². The fourth-order valence-electron chi connectivity index (χ4n) is 0.733. The van der Waals surface area contributed by atoms with Gasteiger partial charge in [-0.25, -0.2) is 0 Å². The van der Waals surface area contributed by atoms with Crippen molar-refractivity contribution in [2.45, 2.75) is 40.5 Å². The number of hydrogen-bond donors (Lipinski definition) is 0. The van der Waals surface area contributed by atoms with E-state index >= 15 is 0 Å². The van der Waals surface area contributed by atoms with Crippen LogP contribution in [0.3, 0.4) is 0 Å². The predicted molar refractivity (Wildman–Crippen MR) is 48.1 cm³/mol. The van der Waals surface area contributed by atoms with E-state index in [1.807, 2.05) is 0 Å². The monoisotopic (exact) mass is 138 g/mol. The first-order valence-electron chi connectivity index (χ1n) is 3.92. The van der Waals surface area contributed by atoms with Crippen LogP contribution in [0, 0.1) is 0 Å². The molecule has 0 aromatic heterocycles. The lowest BCUT2D eigenvalue weighted by Gasteiger charge is -1.95. The van der Waals surface area contributed by atoms with Crippen LogP contribution in [0.25, 0.3) is 0 Å². The van der Waals surface area contributed by atoms with Gasteiger partial charge in [0.2, 0.25) is 0 Å². The second kappa shape index (κ2) is 5.28. The van der Waals surface area contributed by atoms with Gasteiger partial charge in [0.1, 0.15) is 0 Å². The van der Waals surface area contributed by atoms with Crippen LogP contribution in [0.4, 0.5) is 0 Å². The summed E-state index contributed by atoms with van der Waals surface area (Å²) in [6, 6.07) is 0. The van der Waals surface area contributed by atoms with Crippen LogP contribution in [0.5, 0.6) is 0 Å². The molecular weight excluding hydrogens is 120 g/mol. The lowest BCUT2D eigenvalue weighted by atomic mass is 10.1. The molecule has 0 nitrogen and oxygen atoms in total. The molecule has 0 bridgehead atoms. The molecule has 58 valence electrons. The molecular formula is C10H18. The van der Waals surface area contributed by atoms with E-state index in [-0.39, 0.29) is 0 Å². The van der Waals surface area contributed by atoms with Crippen molar-refractivity contribution in [3.8, 4) is 0 Å². The van der Waals surface area contributed by atoms with E-state index in [0.29, 0.717) is 0 Å². The van der Waals surface area contributed by atoms with Crippen LogP contribution in [0.2, 0.25) is 0 Å². The normalized spacial score (nSPS) is 11.4. The molecule has 0 rings (SSSR count). The summed E-state index contributed by atoms with van der Waals surface area (Å²) in [4.78, 5) is 0. The molecule has 0 spiro atoms. The molecule has 0 heterocycles. The van der Waals surface area contributed by atoms with Gasteiger partial charge in [-0.05, 0) is 40.5 Å². The molecule has 0 saturated carbocycles.